The minimum atomic E-state index is -1.06. The monoisotopic (exact) mass is 171 g/mol. The first-order chi connectivity index (χ1) is 5.57. The zero-order valence-corrected chi connectivity index (χ0v) is 7.38. The van der Waals surface area contributed by atoms with Crippen LogP contribution in [0.1, 0.15) is 13.8 Å². The van der Waals surface area contributed by atoms with Gasteiger partial charge in [0.25, 0.3) is 0 Å². The Morgan fingerprint density at radius 2 is 2.25 bits per heavy atom. The maximum absolute atomic E-state index is 12.8. The fraction of sp³-hybridized carbons (Fsp3) is 0.667. The number of hydrogen-bond acceptors (Lipinski definition) is 1. The number of halogens is 1. The van der Waals surface area contributed by atoms with E-state index in [2.05, 4.69) is 11.9 Å². The van der Waals surface area contributed by atoms with E-state index >= 15 is 0 Å². The Bertz CT molecular complexity index is 203. The molecule has 0 aromatic rings. The minimum Gasteiger partial charge on any atom is -0.351 e. The summed E-state index contributed by atoms with van der Waals surface area (Å²) >= 11 is 0. The van der Waals surface area contributed by atoms with Crippen LogP contribution < -0.4 is 5.32 Å². The third-order valence-corrected chi connectivity index (χ3v) is 2.43. The van der Waals surface area contributed by atoms with Gasteiger partial charge in [0, 0.05) is 6.04 Å². The molecule has 4 unspecified atom stereocenters. The van der Waals surface area contributed by atoms with Crippen molar-refractivity contribution in [3.8, 4) is 0 Å². The Morgan fingerprint density at radius 3 is 2.58 bits per heavy atom. The topological polar surface area (TPSA) is 29.1 Å². The fourth-order valence-corrected chi connectivity index (χ4v) is 1.52. The summed E-state index contributed by atoms with van der Waals surface area (Å²) in [6, 6.07) is -0.0602. The molecule has 1 rings (SSSR count). The van der Waals surface area contributed by atoms with Crippen molar-refractivity contribution in [2.45, 2.75) is 26.1 Å². The lowest BCUT2D eigenvalue weighted by atomic mass is 9.79. The molecule has 0 spiro atoms. The van der Waals surface area contributed by atoms with E-state index in [1.54, 1.807) is 6.08 Å². The molecule has 1 N–H and O–H groups in total. The van der Waals surface area contributed by atoms with Crippen LogP contribution in [0.4, 0.5) is 4.39 Å². The Morgan fingerprint density at radius 1 is 1.67 bits per heavy atom. The molecule has 1 heterocycles. The number of alkyl halides is 1. The summed E-state index contributed by atoms with van der Waals surface area (Å²) in [6.45, 7) is 6.95. The summed E-state index contributed by atoms with van der Waals surface area (Å²) in [4.78, 5) is 10.9. The second kappa shape index (κ2) is 3.25. The van der Waals surface area contributed by atoms with E-state index in [1.807, 2.05) is 6.92 Å². The maximum Gasteiger partial charge on any atom is 0.228 e. The highest BCUT2D eigenvalue weighted by Gasteiger charge is 2.44. The molecule has 0 aliphatic carbocycles. The normalized spacial score (nSPS) is 33.1. The van der Waals surface area contributed by atoms with Crippen LogP contribution in [-0.4, -0.2) is 18.1 Å². The predicted molar refractivity (Wildman–Crippen MR) is 45.4 cm³/mol. The highest BCUT2D eigenvalue weighted by Crippen LogP contribution is 2.27. The summed E-state index contributed by atoms with van der Waals surface area (Å²) in [5.41, 5.74) is 0. The average Bonchev–Trinajstić information content (AvgIpc) is 1.97. The van der Waals surface area contributed by atoms with Crippen molar-refractivity contribution < 1.29 is 9.18 Å². The molecular formula is C9H14FNO. The van der Waals surface area contributed by atoms with Crippen LogP contribution in [0.25, 0.3) is 0 Å². The number of hydrogen-bond donors (Lipinski definition) is 1. The number of carbonyl (C=O) groups excluding carboxylic acids is 1. The van der Waals surface area contributed by atoms with Gasteiger partial charge in [0.15, 0.2) is 0 Å². The molecule has 68 valence electrons. The lowest BCUT2D eigenvalue weighted by molar-refractivity contribution is -0.139. The van der Waals surface area contributed by atoms with Crippen LogP contribution in [0.3, 0.4) is 0 Å². The van der Waals surface area contributed by atoms with Crippen molar-refractivity contribution in [3.05, 3.63) is 12.7 Å². The number of nitrogens with one attached hydrogen (secondary N) is 1. The summed E-state index contributed by atoms with van der Waals surface area (Å²) in [5, 5.41) is 2.67. The first-order valence-electron chi connectivity index (χ1n) is 4.15. The summed E-state index contributed by atoms with van der Waals surface area (Å²) in [7, 11) is 0. The van der Waals surface area contributed by atoms with Crippen LogP contribution in [0.2, 0.25) is 0 Å². The molecule has 12 heavy (non-hydrogen) atoms. The van der Waals surface area contributed by atoms with Crippen LogP contribution in [-0.2, 0) is 4.79 Å². The second-order valence-corrected chi connectivity index (χ2v) is 3.33. The number of β-lactam (4-membered cyclic amide) rings is 1. The lowest BCUT2D eigenvalue weighted by Gasteiger charge is -2.40. The van der Waals surface area contributed by atoms with E-state index in [9.17, 15) is 9.18 Å². The zero-order chi connectivity index (χ0) is 9.30. The third kappa shape index (κ3) is 1.36. The highest BCUT2D eigenvalue weighted by atomic mass is 19.1. The van der Waals surface area contributed by atoms with Crippen molar-refractivity contribution in [1.29, 1.82) is 0 Å². The van der Waals surface area contributed by atoms with E-state index in [4.69, 9.17) is 0 Å². The molecule has 0 radical (unpaired) electrons. The Hall–Kier alpha value is -0.860. The van der Waals surface area contributed by atoms with Gasteiger partial charge in [-0.2, -0.15) is 0 Å². The fourth-order valence-electron chi connectivity index (χ4n) is 1.52. The molecule has 1 fully saturated rings. The van der Waals surface area contributed by atoms with Crippen LogP contribution in [0.5, 0.6) is 0 Å². The van der Waals surface area contributed by atoms with Gasteiger partial charge >= 0.3 is 0 Å². The van der Waals surface area contributed by atoms with Crippen LogP contribution in [0.15, 0.2) is 12.7 Å². The summed E-state index contributed by atoms with van der Waals surface area (Å²) < 4.78 is 12.8. The standard InChI is InChI=1S/C9H14FNO/c1-4-5(2)8-7(6(3)10)9(12)11-8/h4-8H,1H2,2-3H3,(H,11,12). The van der Waals surface area contributed by atoms with E-state index in [-0.39, 0.29) is 17.9 Å². The van der Waals surface area contributed by atoms with Crippen molar-refractivity contribution in [3.63, 3.8) is 0 Å². The highest BCUT2D eigenvalue weighted by molar-refractivity contribution is 5.86. The van der Waals surface area contributed by atoms with Crippen molar-refractivity contribution in [1.82, 2.24) is 5.32 Å². The molecule has 1 saturated heterocycles. The summed E-state index contributed by atoms with van der Waals surface area (Å²) in [5.74, 6) is -0.507. The predicted octanol–water partition coefficient (Wildman–Crippen LogP) is 1.28. The van der Waals surface area contributed by atoms with Crippen molar-refractivity contribution in [2.24, 2.45) is 11.8 Å². The lowest BCUT2D eigenvalue weighted by Crippen LogP contribution is -2.63. The molecule has 0 aromatic heterocycles. The van der Waals surface area contributed by atoms with E-state index in [1.165, 1.54) is 6.92 Å². The van der Waals surface area contributed by atoms with Gasteiger partial charge in [-0.15, -0.1) is 6.58 Å². The smallest absolute Gasteiger partial charge is 0.228 e. The third-order valence-electron chi connectivity index (χ3n) is 2.43. The maximum atomic E-state index is 12.8. The van der Waals surface area contributed by atoms with Gasteiger partial charge in [-0.1, -0.05) is 13.0 Å². The van der Waals surface area contributed by atoms with Gasteiger partial charge in [0.05, 0.1) is 5.92 Å². The van der Waals surface area contributed by atoms with Crippen LogP contribution >= 0.6 is 0 Å². The SMILES string of the molecule is C=CC(C)C1NC(=O)C1C(C)F. The average molecular weight is 171 g/mol. The second-order valence-electron chi connectivity index (χ2n) is 3.33. The molecular weight excluding hydrogens is 157 g/mol. The first-order valence-corrected chi connectivity index (χ1v) is 4.15. The number of amides is 1. The van der Waals surface area contributed by atoms with Gasteiger partial charge in [-0.3, -0.25) is 4.79 Å². The van der Waals surface area contributed by atoms with E-state index < -0.39 is 12.1 Å². The van der Waals surface area contributed by atoms with Gasteiger partial charge in [0.1, 0.15) is 6.17 Å². The zero-order valence-electron chi connectivity index (χ0n) is 7.38. The minimum absolute atomic E-state index is 0.0602. The quantitative estimate of drug-likeness (QED) is 0.503. The van der Waals surface area contributed by atoms with Gasteiger partial charge < -0.3 is 5.32 Å². The molecule has 1 amide bonds. The van der Waals surface area contributed by atoms with Crippen molar-refractivity contribution in [2.75, 3.05) is 0 Å². The largest absolute Gasteiger partial charge is 0.351 e. The number of carbonyl (C=O) groups is 1. The van der Waals surface area contributed by atoms with Crippen molar-refractivity contribution >= 4 is 5.91 Å². The molecule has 2 nitrogen and oxygen atoms in total. The van der Waals surface area contributed by atoms with E-state index in [0.29, 0.717) is 0 Å². The van der Waals surface area contributed by atoms with Gasteiger partial charge in [-0.25, -0.2) is 4.39 Å². The molecule has 4 atom stereocenters. The molecule has 1 aliphatic heterocycles. The van der Waals surface area contributed by atoms with Gasteiger partial charge in [-0.05, 0) is 12.8 Å². The molecule has 3 heteroatoms. The summed E-state index contributed by atoms with van der Waals surface area (Å²) in [6.07, 6.45) is 0.672. The first kappa shape index (κ1) is 9.23. The Labute approximate surface area is 71.8 Å². The molecule has 0 saturated carbocycles. The Kier molecular flexibility index (Phi) is 2.50. The molecule has 0 aromatic carbocycles. The number of rotatable bonds is 3. The van der Waals surface area contributed by atoms with Crippen LogP contribution in [0, 0.1) is 11.8 Å². The van der Waals surface area contributed by atoms with E-state index in [0.717, 1.165) is 0 Å². The molecule has 1 aliphatic rings. The Balaban J connectivity index is 2.59. The van der Waals surface area contributed by atoms with Gasteiger partial charge in [0.2, 0.25) is 5.91 Å². The molecule has 0 bridgehead atoms.